The van der Waals surface area contributed by atoms with Gasteiger partial charge in [0.25, 0.3) is 17.7 Å². The lowest BCUT2D eigenvalue weighted by atomic mass is 9.84. The van der Waals surface area contributed by atoms with Crippen molar-refractivity contribution >= 4 is 34.7 Å². The van der Waals surface area contributed by atoms with E-state index in [1.54, 1.807) is 54.6 Å². The molecule has 1 atom stereocenters. The molecule has 8 rings (SSSR count). The third kappa shape index (κ3) is 6.38. The fourth-order valence-electron chi connectivity index (χ4n) is 7.12. The molecule has 244 valence electrons. The van der Waals surface area contributed by atoms with Crippen molar-refractivity contribution in [3.8, 4) is 11.1 Å². The summed E-state index contributed by atoms with van der Waals surface area (Å²) in [5.41, 5.74) is 3.07. The number of carbonyl (C=O) groups is 3. The number of nitrogens with zero attached hydrogens (tertiary/aromatic N) is 2. The first-order valence-corrected chi connectivity index (χ1v) is 16.4. The summed E-state index contributed by atoms with van der Waals surface area (Å²) in [5, 5.41) is 5.89. The van der Waals surface area contributed by atoms with Gasteiger partial charge in [0.1, 0.15) is 0 Å². The predicted molar refractivity (Wildman–Crippen MR) is 183 cm³/mol. The van der Waals surface area contributed by atoms with Crippen LogP contribution in [0.3, 0.4) is 0 Å². The van der Waals surface area contributed by atoms with Gasteiger partial charge in [-0.15, -0.1) is 0 Å². The first-order valence-electron chi connectivity index (χ1n) is 16.4. The standard InChI is InChI=1S/C39H36F2N4O3/c40-39(41)20-23-45(35-13-7-6-12-32(35)33(39)24-36(46)43-34-25-44-21-18-27(34)19-22-44)38(48)28-14-16-29(17-15-28)42-37(47)31-11-5-4-10-30(31)26-8-2-1-3-9-26/h1-17,24,27,34H,18-23,25H2,(H,42,47)(H,43,46)/b33-24+. The Morgan fingerprint density at radius 3 is 2.15 bits per heavy atom. The molecule has 1 unspecified atom stereocenters. The van der Waals surface area contributed by atoms with Crippen LogP contribution in [0.2, 0.25) is 0 Å². The number of alkyl halides is 2. The van der Waals surface area contributed by atoms with Crippen LogP contribution in [0.1, 0.15) is 45.5 Å². The minimum absolute atomic E-state index is 0.0593. The van der Waals surface area contributed by atoms with Gasteiger partial charge in [0.15, 0.2) is 0 Å². The molecule has 3 amide bonds. The summed E-state index contributed by atoms with van der Waals surface area (Å²) in [5.74, 6) is -4.27. The third-order valence-electron chi connectivity index (χ3n) is 9.68. The van der Waals surface area contributed by atoms with Crippen LogP contribution in [0.5, 0.6) is 0 Å². The molecule has 0 spiro atoms. The number of hydrogen-bond acceptors (Lipinski definition) is 4. The van der Waals surface area contributed by atoms with Crippen LogP contribution >= 0.6 is 0 Å². The largest absolute Gasteiger partial charge is 0.348 e. The first kappa shape index (κ1) is 31.4. The molecule has 48 heavy (non-hydrogen) atoms. The molecule has 0 saturated carbocycles. The number of allylic oxidation sites excluding steroid dienone is 1. The van der Waals surface area contributed by atoms with Crippen LogP contribution < -0.4 is 15.5 Å². The minimum atomic E-state index is -3.33. The number of amides is 3. The summed E-state index contributed by atoms with van der Waals surface area (Å²) in [7, 11) is 0. The molecule has 0 aliphatic carbocycles. The molecule has 2 bridgehead atoms. The molecular formula is C39H36F2N4O3. The van der Waals surface area contributed by atoms with Crippen molar-refractivity contribution in [2.75, 3.05) is 36.4 Å². The summed E-state index contributed by atoms with van der Waals surface area (Å²) >= 11 is 0. The Morgan fingerprint density at radius 2 is 1.44 bits per heavy atom. The normalized spacial score (nSPS) is 22.0. The Labute approximate surface area is 278 Å². The number of benzene rings is 4. The van der Waals surface area contributed by atoms with E-state index in [0.29, 0.717) is 22.9 Å². The second-order valence-corrected chi connectivity index (χ2v) is 12.7. The number of anilines is 2. The lowest BCUT2D eigenvalue weighted by Gasteiger charge is -2.44. The van der Waals surface area contributed by atoms with Gasteiger partial charge in [0.2, 0.25) is 5.91 Å². The van der Waals surface area contributed by atoms with Crippen molar-refractivity contribution in [3.63, 3.8) is 0 Å². The van der Waals surface area contributed by atoms with Gasteiger partial charge in [-0.2, -0.15) is 0 Å². The van der Waals surface area contributed by atoms with Crippen LogP contribution in [0.4, 0.5) is 20.2 Å². The summed E-state index contributed by atoms with van der Waals surface area (Å²) in [6.45, 7) is 2.51. The number of nitrogens with one attached hydrogen (secondary N) is 2. The number of carbonyl (C=O) groups excluding carboxylic acids is 3. The maximum Gasteiger partial charge on any atom is 0.275 e. The molecule has 3 saturated heterocycles. The number of piperidine rings is 3. The maximum atomic E-state index is 15.8. The number of rotatable bonds is 6. The zero-order chi connectivity index (χ0) is 33.3. The van der Waals surface area contributed by atoms with Crippen LogP contribution in [0.25, 0.3) is 16.7 Å². The average Bonchev–Trinajstić information content (AvgIpc) is 3.22. The van der Waals surface area contributed by atoms with Crippen LogP contribution in [0, 0.1) is 5.92 Å². The van der Waals surface area contributed by atoms with E-state index in [2.05, 4.69) is 15.5 Å². The molecule has 4 heterocycles. The lowest BCUT2D eigenvalue weighted by Crippen LogP contribution is -2.57. The third-order valence-corrected chi connectivity index (χ3v) is 9.68. The number of para-hydroxylation sites is 1. The van der Waals surface area contributed by atoms with E-state index in [1.165, 1.54) is 11.0 Å². The molecule has 9 heteroatoms. The minimum Gasteiger partial charge on any atom is -0.348 e. The highest BCUT2D eigenvalue weighted by Crippen LogP contribution is 2.43. The SMILES string of the molecule is O=C(/C=C1\c2ccccc2N(C(=O)c2ccc(NC(=O)c3ccccc3-c3ccccc3)cc2)CCC1(F)F)NC1CN2CCC1CC2. The molecule has 4 aromatic carbocycles. The van der Waals surface area contributed by atoms with E-state index in [0.717, 1.165) is 49.7 Å². The second-order valence-electron chi connectivity index (χ2n) is 12.7. The van der Waals surface area contributed by atoms with Gasteiger partial charge in [-0.25, -0.2) is 8.78 Å². The van der Waals surface area contributed by atoms with Gasteiger partial charge >= 0.3 is 0 Å². The molecule has 4 aliphatic rings. The summed E-state index contributed by atoms with van der Waals surface area (Å²) in [4.78, 5) is 43.9. The van der Waals surface area contributed by atoms with E-state index < -0.39 is 24.2 Å². The molecule has 7 nitrogen and oxygen atoms in total. The maximum absolute atomic E-state index is 15.8. The number of fused-ring (bicyclic) bond motifs is 4. The van der Waals surface area contributed by atoms with Gasteiger partial charge in [-0.05, 0) is 79.4 Å². The predicted octanol–water partition coefficient (Wildman–Crippen LogP) is 6.89. The Hall–Kier alpha value is -5.15. The summed E-state index contributed by atoms with van der Waals surface area (Å²) in [6.07, 6.45) is 2.37. The molecule has 0 radical (unpaired) electrons. The Kier molecular flexibility index (Phi) is 8.62. The van der Waals surface area contributed by atoms with Crippen LogP contribution in [0.15, 0.2) is 109 Å². The highest BCUT2D eigenvalue weighted by Gasteiger charge is 2.42. The fraction of sp³-hybridized carbons (Fsp3) is 0.256. The van der Waals surface area contributed by atoms with Crippen molar-refractivity contribution in [1.29, 1.82) is 0 Å². The van der Waals surface area contributed by atoms with Gasteiger partial charge in [-0.3, -0.25) is 14.4 Å². The van der Waals surface area contributed by atoms with E-state index in [4.69, 9.17) is 0 Å². The average molecular weight is 647 g/mol. The van der Waals surface area contributed by atoms with Gasteiger partial charge in [-0.1, -0.05) is 66.7 Å². The summed E-state index contributed by atoms with van der Waals surface area (Å²) < 4.78 is 31.5. The number of halogens is 2. The lowest BCUT2D eigenvalue weighted by molar-refractivity contribution is -0.118. The zero-order valence-corrected chi connectivity index (χ0v) is 26.4. The molecule has 2 N–H and O–H groups in total. The van der Waals surface area contributed by atoms with Crippen molar-refractivity contribution in [2.45, 2.75) is 31.2 Å². The Balaban J connectivity index is 1.10. The highest BCUT2D eigenvalue weighted by atomic mass is 19.3. The molecule has 4 aliphatic heterocycles. The van der Waals surface area contributed by atoms with E-state index in [1.807, 2.05) is 42.5 Å². The number of hydrogen-bond donors (Lipinski definition) is 2. The molecule has 4 aromatic rings. The van der Waals surface area contributed by atoms with E-state index >= 15 is 8.78 Å². The topological polar surface area (TPSA) is 81.8 Å². The van der Waals surface area contributed by atoms with Crippen molar-refractivity contribution in [2.24, 2.45) is 5.92 Å². The first-order chi connectivity index (χ1) is 23.3. The van der Waals surface area contributed by atoms with E-state index in [9.17, 15) is 14.4 Å². The van der Waals surface area contributed by atoms with Gasteiger partial charge in [0.05, 0.1) is 5.69 Å². The van der Waals surface area contributed by atoms with Crippen LogP contribution in [-0.4, -0.2) is 60.8 Å². The van der Waals surface area contributed by atoms with Crippen molar-refractivity contribution < 1.29 is 23.2 Å². The highest BCUT2D eigenvalue weighted by molar-refractivity contribution is 6.11. The van der Waals surface area contributed by atoms with Gasteiger partial charge in [0, 0.05) is 59.6 Å². The Bertz CT molecular complexity index is 1870. The summed E-state index contributed by atoms with van der Waals surface area (Å²) in [6, 6.07) is 29.8. The zero-order valence-electron chi connectivity index (χ0n) is 26.4. The molecule has 3 fully saturated rings. The molecule has 0 aromatic heterocycles. The van der Waals surface area contributed by atoms with Crippen LogP contribution in [-0.2, 0) is 4.79 Å². The van der Waals surface area contributed by atoms with Crippen molar-refractivity contribution in [3.05, 3.63) is 126 Å². The second kappa shape index (κ2) is 13.2. The Morgan fingerprint density at radius 1 is 0.771 bits per heavy atom. The van der Waals surface area contributed by atoms with Gasteiger partial charge < -0.3 is 20.4 Å². The fourth-order valence-corrected chi connectivity index (χ4v) is 7.12. The quantitative estimate of drug-likeness (QED) is 0.224. The van der Waals surface area contributed by atoms with Crippen molar-refractivity contribution in [1.82, 2.24) is 10.2 Å². The smallest absolute Gasteiger partial charge is 0.275 e. The van der Waals surface area contributed by atoms with E-state index in [-0.39, 0.29) is 35.2 Å². The molecular weight excluding hydrogens is 610 g/mol. The monoisotopic (exact) mass is 646 g/mol.